The maximum absolute atomic E-state index is 10.7. The Morgan fingerprint density at radius 2 is 1.82 bits per heavy atom. The first-order valence-electron chi connectivity index (χ1n) is 7.46. The molecular formula is C14H24N2O. The molecule has 5 rings (SSSR count). The van der Waals surface area contributed by atoms with Crippen molar-refractivity contribution >= 4 is 0 Å². The van der Waals surface area contributed by atoms with Crippen LogP contribution >= 0.6 is 0 Å². The Hall–Kier alpha value is -0.120. The molecule has 5 atom stereocenters. The molecule has 2 aliphatic carbocycles. The van der Waals surface area contributed by atoms with E-state index in [-0.39, 0.29) is 6.10 Å². The molecule has 3 saturated heterocycles. The molecule has 1 N–H and O–H groups in total. The van der Waals surface area contributed by atoms with Gasteiger partial charge in [-0.3, -0.25) is 9.80 Å². The van der Waals surface area contributed by atoms with Crippen LogP contribution in [0.3, 0.4) is 0 Å². The molecule has 0 aromatic rings. The third-order valence-corrected chi connectivity index (χ3v) is 5.95. The third-order valence-electron chi connectivity index (χ3n) is 5.95. The minimum absolute atomic E-state index is 0.0478. The van der Waals surface area contributed by atoms with Crippen LogP contribution in [0.5, 0.6) is 0 Å². The molecule has 0 amide bonds. The Labute approximate surface area is 104 Å². The molecule has 0 aromatic heterocycles. The van der Waals surface area contributed by atoms with E-state index in [0.717, 1.165) is 18.4 Å². The van der Waals surface area contributed by atoms with E-state index in [9.17, 15) is 5.11 Å². The average Bonchev–Trinajstić information content (AvgIpc) is 3.01. The topological polar surface area (TPSA) is 26.7 Å². The molecule has 3 aliphatic heterocycles. The summed E-state index contributed by atoms with van der Waals surface area (Å²) in [6.45, 7) is 5.93. The van der Waals surface area contributed by atoms with Crippen molar-refractivity contribution in [2.45, 2.75) is 37.8 Å². The quantitative estimate of drug-likeness (QED) is 0.768. The molecule has 0 radical (unpaired) electrons. The number of hydrogen-bond donors (Lipinski definition) is 1. The number of rotatable bonds is 2. The van der Waals surface area contributed by atoms with Crippen molar-refractivity contribution in [1.82, 2.24) is 9.80 Å². The van der Waals surface area contributed by atoms with Crippen LogP contribution in [-0.4, -0.2) is 59.8 Å². The lowest BCUT2D eigenvalue weighted by Crippen LogP contribution is -2.65. The highest BCUT2D eigenvalue weighted by Gasteiger charge is 2.47. The Morgan fingerprint density at radius 1 is 1.00 bits per heavy atom. The second-order valence-corrected chi connectivity index (χ2v) is 6.73. The second-order valence-electron chi connectivity index (χ2n) is 6.73. The van der Waals surface area contributed by atoms with Crippen molar-refractivity contribution in [3.63, 3.8) is 0 Å². The van der Waals surface area contributed by atoms with Crippen molar-refractivity contribution in [3.05, 3.63) is 0 Å². The molecular weight excluding hydrogens is 212 g/mol. The Bertz CT molecular complexity index is 301. The highest BCUT2D eigenvalue weighted by atomic mass is 16.3. The Morgan fingerprint density at radius 3 is 2.35 bits per heavy atom. The number of piperazine rings is 3. The van der Waals surface area contributed by atoms with Gasteiger partial charge in [0.2, 0.25) is 0 Å². The van der Waals surface area contributed by atoms with Gasteiger partial charge in [-0.2, -0.15) is 0 Å². The highest BCUT2D eigenvalue weighted by molar-refractivity contribution is 5.00. The summed E-state index contributed by atoms with van der Waals surface area (Å²) >= 11 is 0. The summed E-state index contributed by atoms with van der Waals surface area (Å²) in [7, 11) is 0. The van der Waals surface area contributed by atoms with Gasteiger partial charge in [0.05, 0.1) is 6.10 Å². The summed E-state index contributed by atoms with van der Waals surface area (Å²) in [5.41, 5.74) is 0. The maximum atomic E-state index is 10.7. The summed E-state index contributed by atoms with van der Waals surface area (Å²) < 4.78 is 0. The molecule has 0 spiro atoms. The predicted molar refractivity (Wildman–Crippen MR) is 66.7 cm³/mol. The molecule has 5 fully saturated rings. The van der Waals surface area contributed by atoms with E-state index in [1.54, 1.807) is 0 Å². The fraction of sp³-hybridized carbons (Fsp3) is 1.00. The largest absolute Gasteiger partial charge is 0.391 e. The smallest absolute Gasteiger partial charge is 0.0738 e. The first kappa shape index (κ1) is 10.8. The van der Waals surface area contributed by atoms with Crippen LogP contribution < -0.4 is 0 Å². The SMILES string of the molecule is OC(C1CC2CCC1C2)C1CN2CCN1CC2. The van der Waals surface area contributed by atoms with Gasteiger partial charge >= 0.3 is 0 Å². The number of aliphatic hydroxyl groups excluding tert-OH is 1. The Kier molecular flexibility index (Phi) is 2.50. The van der Waals surface area contributed by atoms with E-state index < -0.39 is 0 Å². The third kappa shape index (κ3) is 1.66. The number of nitrogens with zero attached hydrogens (tertiary/aromatic N) is 2. The van der Waals surface area contributed by atoms with E-state index in [1.807, 2.05) is 0 Å². The average molecular weight is 236 g/mol. The molecule has 0 aromatic carbocycles. The lowest BCUT2D eigenvalue weighted by Gasteiger charge is -2.50. The minimum Gasteiger partial charge on any atom is -0.391 e. The van der Waals surface area contributed by atoms with E-state index in [4.69, 9.17) is 0 Å². The summed E-state index contributed by atoms with van der Waals surface area (Å²) in [4.78, 5) is 5.09. The molecule has 3 heteroatoms. The van der Waals surface area contributed by atoms with Crippen LogP contribution in [0.2, 0.25) is 0 Å². The van der Waals surface area contributed by atoms with Crippen LogP contribution in [0.4, 0.5) is 0 Å². The molecule has 2 saturated carbocycles. The van der Waals surface area contributed by atoms with Gasteiger partial charge in [0, 0.05) is 38.8 Å². The summed E-state index contributed by atoms with van der Waals surface area (Å²) in [6.07, 6.45) is 5.51. The van der Waals surface area contributed by atoms with Crippen LogP contribution in [0.25, 0.3) is 0 Å². The van der Waals surface area contributed by atoms with Crippen LogP contribution in [0.15, 0.2) is 0 Å². The molecule has 3 nitrogen and oxygen atoms in total. The van der Waals surface area contributed by atoms with Crippen LogP contribution in [0.1, 0.15) is 25.7 Å². The van der Waals surface area contributed by atoms with Crippen molar-refractivity contribution in [1.29, 1.82) is 0 Å². The number of hydrogen-bond acceptors (Lipinski definition) is 3. The van der Waals surface area contributed by atoms with Crippen molar-refractivity contribution in [3.8, 4) is 0 Å². The first-order chi connectivity index (χ1) is 8.31. The standard InChI is InChI=1S/C14H24N2O/c17-14(12-8-10-1-2-11(12)7-10)13-9-15-3-5-16(13)6-4-15/h10-14,17H,1-9H2. The van der Waals surface area contributed by atoms with Gasteiger partial charge in [0.25, 0.3) is 0 Å². The summed E-state index contributed by atoms with van der Waals surface area (Å²) in [5, 5.41) is 10.7. The van der Waals surface area contributed by atoms with Crippen LogP contribution in [-0.2, 0) is 0 Å². The summed E-state index contributed by atoms with van der Waals surface area (Å²) in [6, 6.07) is 0.446. The van der Waals surface area contributed by atoms with Crippen molar-refractivity contribution in [2.24, 2.45) is 17.8 Å². The van der Waals surface area contributed by atoms with E-state index >= 15 is 0 Å². The number of fused-ring (bicyclic) bond motifs is 5. The fourth-order valence-electron chi connectivity index (χ4n) is 4.98. The normalized spacial score (nSPS) is 54.2. The molecule has 3 heterocycles. The molecule has 17 heavy (non-hydrogen) atoms. The zero-order chi connectivity index (χ0) is 11.4. The van der Waals surface area contributed by atoms with Gasteiger partial charge < -0.3 is 5.11 Å². The molecule has 5 aliphatic rings. The van der Waals surface area contributed by atoms with Gasteiger partial charge in [-0.1, -0.05) is 6.42 Å². The lowest BCUT2D eigenvalue weighted by atomic mass is 9.80. The van der Waals surface area contributed by atoms with Gasteiger partial charge in [0.1, 0.15) is 0 Å². The molecule has 96 valence electrons. The fourth-order valence-corrected chi connectivity index (χ4v) is 4.98. The lowest BCUT2D eigenvalue weighted by molar-refractivity contribution is -0.0729. The van der Waals surface area contributed by atoms with Gasteiger partial charge in [0.15, 0.2) is 0 Å². The minimum atomic E-state index is -0.0478. The first-order valence-corrected chi connectivity index (χ1v) is 7.46. The zero-order valence-corrected chi connectivity index (χ0v) is 10.6. The molecule has 4 bridgehead atoms. The number of aliphatic hydroxyl groups is 1. The predicted octanol–water partition coefficient (Wildman–Crippen LogP) is 0.783. The summed E-state index contributed by atoms with van der Waals surface area (Å²) in [5.74, 6) is 2.43. The van der Waals surface area contributed by atoms with Crippen molar-refractivity contribution in [2.75, 3.05) is 32.7 Å². The van der Waals surface area contributed by atoms with E-state index in [0.29, 0.717) is 12.0 Å². The van der Waals surface area contributed by atoms with Crippen molar-refractivity contribution < 1.29 is 5.11 Å². The van der Waals surface area contributed by atoms with E-state index in [1.165, 1.54) is 51.9 Å². The molecule has 5 unspecified atom stereocenters. The second kappa shape index (κ2) is 3.94. The highest BCUT2D eigenvalue weighted by Crippen LogP contribution is 2.50. The van der Waals surface area contributed by atoms with Gasteiger partial charge in [-0.25, -0.2) is 0 Å². The van der Waals surface area contributed by atoms with Crippen LogP contribution in [0, 0.1) is 17.8 Å². The van der Waals surface area contributed by atoms with Gasteiger partial charge in [-0.15, -0.1) is 0 Å². The monoisotopic (exact) mass is 236 g/mol. The Balaban J connectivity index is 1.48. The zero-order valence-electron chi connectivity index (χ0n) is 10.6. The maximum Gasteiger partial charge on any atom is 0.0738 e. The van der Waals surface area contributed by atoms with E-state index in [2.05, 4.69) is 9.80 Å². The van der Waals surface area contributed by atoms with Gasteiger partial charge in [-0.05, 0) is 37.0 Å².